The highest BCUT2D eigenvalue weighted by molar-refractivity contribution is 9.08. The Morgan fingerprint density at radius 1 is 1.67 bits per heavy atom. The van der Waals surface area contributed by atoms with Crippen molar-refractivity contribution in [1.29, 1.82) is 5.26 Å². The van der Waals surface area contributed by atoms with Crippen molar-refractivity contribution in [1.82, 2.24) is 0 Å². The van der Waals surface area contributed by atoms with Crippen molar-refractivity contribution in [3.05, 3.63) is 34.6 Å². The molecule has 0 aliphatic heterocycles. The molecule has 78 valence electrons. The summed E-state index contributed by atoms with van der Waals surface area (Å²) in [6.07, 6.45) is 0. The Labute approximate surface area is 94.6 Å². The largest absolute Gasteiger partial charge is 0.465 e. The molecule has 0 heterocycles. The van der Waals surface area contributed by atoms with E-state index in [4.69, 9.17) is 5.26 Å². The van der Waals surface area contributed by atoms with Gasteiger partial charge >= 0.3 is 5.97 Å². The van der Waals surface area contributed by atoms with Gasteiger partial charge in [0.1, 0.15) is 17.4 Å². The van der Waals surface area contributed by atoms with Crippen molar-refractivity contribution in [2.24, 2.45) is 0 Å². The van der Waals surface area contributed by atoms with Crippen molar-refractivity contribution < 1.29 is 13.9 Å². The molecule has 0 aromatic heterocycles. The number of hydrogen-bond donors (Lipinski definition) is 0. The number of ether oxygens (including phenoxy) is 1. The first-order valence-corrected chi connectivity index (χ1v) is 5.13. The number of benzene rings is 1. The Bertz CT molecular complexity index is 440. The van der Waals surface area contributed by atoms with E-state index in [0.29, 0.717) is 10.9 Å². The van der Waals surface area contributed by atoms with E-state index in [2.05, 4.69) is 20.7 Å². The normalized spacial score (nSPS) is 9.47. The molecule has 15 heavy (non-hydrogen) atoms. The number of esters is 1. The van der Waals surface area contributed by atoms with Gasteiger partial charge in [0.2, 0.25) is 0 Å². The van der Waals surface area contributed by atoms with Crippen LogP contribution in [0.15, 0.2) is 12.1 Å². The molecule has 1 aromatic carbocycles. The van der Waals surface area contributed by atoms with Crippen LogP contribution in [-0.2, 0) is 10.1 Å². The number of rotatable bonds is 2. The fourth-order valence-corrected chi connectivity index (χ4v) is 1.46. The molecule has 0 bridgehead atoms. The molecule has 0 spiro atoms. The number of alkyl halides is 1. The lowest BCUT2D eigenvalue weighted by molar-refractivity contribution is 0.0595. The molecule has 0 amide bonds. The van der Waals surface area contributed by atoms with Gasteiger partial charge in [-0.15, -0.1) is 0 Å². The molecule has 0 atom stereocenters. The average Bonchev–Trinajstić information content (AvgIpc) is 2.26. The van der Waals surface area contributed by atoms with Crippen molar-refractivity contribution in [2.75, 3.05) is 7.11 Å². The summed E-state index contributed by atoms with van der Waals surface area (Å²) in [5, 5.41) is 9.18. The summed E-state index contributed by atoms with van der Waals surface area (Å²) in [5.74, 6) is -1.58. The lowest BCUT2D eigenvalue weighted by atomic mass is 10.0. The Morgan fingerprint density at radius 3 is 2.80 bits per heavy atom. The lowest BCUT2D eigenvalue weighted by Gasteiger charge is -2.05. The van der Waals surface area contributed by atoms with Crippen LogP contribution < -0.4 is 0 Å². The Hall–Kier alpha value is -1.41. The van der Waals surface area contributed by atoms with Gasteiger partial charge in [-0.25, -0.2) is 9.18 Å². The first-order chi connectivity index (χ1) is 7.13. The summed E-state index contributed by atoms with van der Waals surface area (Å²) in [7, 11) is 1.14. The SMILES string of the molecule is COC(=O)c1c(F)cc(CBr)cc1C#N. The second kappa shape index (κ2) is 4.89. The number of carbonyl (C=O) groups is 1. The van der Waals surface area contributed by atoms with E-state index in [1.54, 1.807) is 6.07 Å². The van der Waals surface area contributed by atoms with Gasteiger partial charge in [0.25, 0.3) is 0 Å². The molecule has 5 heteroatoms. The zero-order chi connectivity index (χ0) is 11.4. The third-order valence-corrected chi connectivity index (χ3v) is 2.46. The molecule has 1 rings (SSSR count). The maximum Gasteiger partial charge on any atom is 0.342 e. The highest BCUT2D eigenvalue weighted by atomic mass is 79.9. The van der Waals surface area contributed by atoms with Crippen molar-refractivity contribution in [2.45, 2.75) is 5.33 Å². The van der Waals surface area contributed by atoms with E-state index >= 15 is 0 Å². The maximum atomic E-state index is 13.4. The van der Waals surface area contributed by atoms with Crippen molar-refractivity contribution >= 4 is 21.9 Å². The molecule has 0 saturated carbocycles. The van der Waals surface area contributed by atoms with Gasteiger partial charge in [-0.2, -0.15) is 5.26 Å². The molecule has 0 unspecified atom stereocenters. The summed E-state index contributed by atoms with van der Waals surface area (Å²) >= 11 is 3.14. The molecule has 0 fully saturated rings. The Kier molecular flexibility index (Phi) is 3.81. The predicted molar refractivity (Wildman–Crippen MR) is 55.1 cm³/mol. The molecule has 1 aromatic rings. The van der Waals surface area contributed by atoms with Gasteiger partial charge in [0, 0.05) is 5.33 Å². The van der Waals surface area contributed by atoms with Crippen molar-refractivity contribution in [3.63, 3.8) is 0 Å². The second-order valence-electron chi connectivity index (χ2n) is 2.74. The van der Waals surface area contributed by atoms with Crippen LogP contribution in [0.1, 0.15) is 21.5 Å². The quantitative estimate of drug-likeness (QED) is 0.613. The van der Waals surface area contributed by atoms with Crippen LogP contribution >= 0.6 is 15.9 Å². The highest BCUT2D eigenvalue weighted by Gasteiger charge is 2.18. The average molecular weight is 272 g/mol. The minimum Gasteiger partial charge on any atom is -0.465 e. The topological polar surface area (TPSA) is 50.1 Å². The van der Waals surface area contributed by atoms with E-state index in [9.17, 15) is 9.18 Å². The fourth-order valence-electron chi connectivity index (χ4n) is 1.14. The number of hydrogen-bond acceptors (Lipinski definition) is 3. The van der Waals surface area contributed by atoms with Crippen molar-refractivity contribution in [3.8, 4) is 6.07 Å². The second-order valence-corrected chi connectivity index (χ2v) is 3.30. The van der Waals surface area contributed by atoms with Crippen LogP contribution in [0.2, 0.25) is 0 Å². The Balaban J connectivity index is 3.39. The van der Waals surface area contributed by atoms with Crippen LogP contribution in [0.4, 0.5) is 4.39 Å². The van der Waals surface area contributed by atoms with E-state index in [1.807, 2.05) is 0 Å². The third kappa shape index (κ3) is 2.34. The van der Waals surface area contributed by atoms with E-state index in [1.165, 1.54) is 12.1 Å². The van der Waals surface area contributed by atoms with Gasteiger partial charge in [-0.05, 0) is 17.7 Å². The number of nitriles is 1. The van der Waals surface area contributed by atoms with Crippen LogP contribution in [0.3, 0.4) is 0 Å². The van der Waals surface area contributed by atoms with Gasteiger partial charge in [0.05, 0.1) is 12.7 Å². The van der Waals surface area contributed by atoms with E-state index < -0.39 is 11.8 Å². The number of carbonyl (C=O) groups excluding carboxylic acids is 1. The molecule has 0 radical (unpaired) electrons. The lowest BCUT2D eigenvalue weighted by Crippen LogP contribution is -2.08. The van der Waals surface area contributed by atoms with Crippen LogP contribution in [0, 0.1) is 17.1 Å². The summed E-state index contributed by atoms with van der Waals surface area (Å²) in [6.45, 7) is 0. The minimum atomic E-state index is -0.842. The fraction of sp³-hybridized carbons (Fsp3) is 0.200. The molecule has 0 aliphatic carbocycles. The summed E-state index contributed by atoms with van der Waals surface area (Å²) < 4.78 is 17.8. The molecular formula is C10H7BrFNO2. The Morgan fingerprint density at radius 2 is 2.33 bits per heavy atom. The monoisotopic (exact) mass is 271 g/mol. The summed E-state index contributed by atoms with van der Waals surface area (Å²) in [5.41, 5.74) is 0.262. The molecule has 0 saturated heterocycles. The van der Waals surface area contributed by atoms with E-state index in [0.717, 1.165) is 7.11 Å². The highest BCUT2D eigenvalue weighted by Crippen LogP contribution is 2.18. The first kappa shape index (κ1) is 11.7. The predicted octanol–water partition coefficient (Wildman–Crippen LogP) is 2.38. The zero-order valence-electron chi connectivity index (χ0n) is 7.88. The number of nitrogens with zero attached hydrogens (tertiary/aromatic N) is 1. The van der Waals surface area contributed by atoms with E-state index in [-0.39, 0.29) is 11.1 Å². The summed E-state index contributed by atoms with van der Waals surface area (Å²) in [6, 6.07) is 4.41. The van der Waals surface area contributed by atoms with Crippen LogP contribution in [-0.4, -0.2) is 13.1 Å². The van der Waals surface area contributed by atoms with Gasteiger partial charge < -0.3 is 4.74 Å². The van der Waals surface area contributed by atoms with Gasteiger partial charge in [-0.1, -0.05) is 15.9 Å². The maximum absolute atomic E-state index is 13.4. The van der Waals surface area contributed by atoms with Gasteiger partial charge in [-0.3, -0.25) is 0 Å². The summed E-state index contributed by atoms with van der Waals surface area (Å²) in [4.78, 5) is 11.2. The molecule has 0 aliphatic rings. The standard InChI is InChI=1S/C10H7BrFNO2/c1-15-10(14)9-7(5-13)2-6(4-11)3-8(9)12/h2-3H,4H2,1H3. The smallest absolute Gasteiger partial charge is 0.342 e. The third-order valence-electron chi connectivity index (χ3n) is 1.81. The van der Waals surface area contributed by atoms with Crippen LogP contribution in [0.25, 0.3) is 0 Å². The molecule has 3 nitrogen and oxygen atoms in total. The minimum absolute atomic E-state index is 0.0173. The zero-order valence-corrected chi connectivity index (χ0v) is 9.47. The first-order valence-electron chi connectivity index (χ1n) is 4.00. The van der Waals surface area contributed by atoms with Crippen LogP contribution in [0.5, 0.6) is 0 Å². The number of methoxy groups -OCH3 is 1. The number of halogens is 2. The molecule has 0 N–H and O–H groups in total. The molecular weight excluding hydrogens is 265 g/mol. The van der Waals surface area contributed by atoms with Gasteiger partial charge in [0.15, 0.2) is 0 Å².